The predicted octanol–water partition coefficient (Wildman–Crippen LogP) is 2.18. The Morgan fingerprint density at radius 3 is 2.61 bits per heavy atom. The van der Waals surface area contributed by atoms with Crippen molar-refractivity contribution in [3.63, 3.8) is 0 Å². The maximum absolute atomic E-state index is 5.75. The highest BCUT2D eigenvalue weighted by Crippen LogP contribution is 2.13. The Labute approximate surface area is 115 Å². The summed E-state index contributed by atoms with van der Waals surface area (Å²) in [5, 5.41) is 0. The molecule has 2 N–H and O–H groups in total. The van der Waals surface area contributed by atoms with Crippen molar-refractivity contribution < 1.29 is 4.74 Å². The lowest BCUT2D eigenvalue weighted by atomic mass is 10.1. The molecule has 3 nitrogen and oxygen atoms in total. The van der Waals surface area contributed by atoms with Crippen LogP contribution in [-0.2, 0) is 11.3 Å². The molecule has 0 aromatic heterocycles. The maximum Gasteiger partial charge on any atom is 0.104 e. The largest absolute Gasteiger partial charge is 0.389 e. The summed E-state index contributed by atoms with van der Waals surface area (Å²) in [7, 11) is 1.72. The minimum atomic E-state index is 0.458. The van der Waals surface area contributed by atoms with Gasteiger partial charge < -0.3 is 10.5 Å². The van der Waals surface area contributed by atoms with Gasteiger partial charge in [-0.1, -0.05) is 36.5 Å². The molecule has 0 saturated heterocycles. The number of hydrogen-bond acceptors (Lipinski definition) is 3. The van der Waals surface area contributed by atoms with Gasteiger partial charge in [-0.2, -0.15) is 0 Å². The van der Waals surface area contributed by atoms with Gasteiger partial charge in [0.05, 0.1) is 6.61 Å². The van der Waals surface area contributed by atoms with Crippen LogP contribution in [-0.4, -0.2) is 36.2 Å². The molecular formula is C14H22N2OS. The Morgan fingerprint density at radius 1 is 1.39 bits per heavy atom. The zero-order valence-corrected chi connectivity index (χ0v) is 12.2. The van der Waals surface area contributed by atoms with Crippen molar-refractivity contribution >= 4 is 17.2 Å². The number of nitrogens with zero attached hydrogens (tertiary/aromatic N) is 1. The Balaban J connectivity index is 2.83. The van der Waals surface area contributed by atoms with Crippen LogP contribution in [0.2, 0.25) is 0 Å². The van der Waals surface area contributed by atoms with Gasteiger partial charge in [-0.25, -0.2) is 0 Å². The summed E-state index contributed by atoms with van der Waals surface area (Å²) in [4.78, 5) is 2.81. The van der Waals surface area contributed by atoms with Gasteiger partial charge in [0.15, 0.2) is 0 Å². The molecule has 4 heteroatoms. The first-order chi connectivity index (χ1) is 8.56. The molecule has 0 aliphatic heterocycles. The van der Waals surface area contributed by atoms with Crippen LogP contribution in [0.25, 0.3) is 0 Å². The molecule has 0 atom stereocenters. The Hall–Kier alpha value is -0.970. The lowest BCUT2D eigenvalue weighted by Gasteiger charge is -2.27. The molecule has 0 aliphatic carbocycles. The van der Waals surface area contributed by atoms with Crippen LogP contribution in [0, 0.1) is 0 Å². The van der Waals surface area contributed by atoms with Gasteiger partial charge >= 0.3 is 0 Å². The lowest BCUT2D eigenvalue weighted by molar-refractivity contribution is 0.125. The summed E-state index contributed by atoms with van der Waals surface area (Å²) in [6.45, 7) is 6.83. The lowest BCUT2D eigenvalue weighted by Crippen LogP contribution is -2.34. The molecule has 100 valence electrons. The van der Waals surface area contributed by atoms with Crippen LogP contribution >= 0.6 is 12.2 Å². The van der Waals surface area contributed by atoms with Gasteiger partial charge in [-0.05, 0) is 19.4 Å². The highest BCUT2D eigenvalue weighted by atomic mass is 32.1. The molecule has 1 aromatic rings. The van der Waals surface area contributed by atoms with Crippen LogP contribution in [0.4, 0.5) is 0 Å². The molecule has 18 heavy (non-hydrogen) atoms. The van der Waals surface area contributed by atoms with E-state index in [0.717, 1.165) is 25.3 Å². The fourth-order valence-electron chi connectivity index (χ4n) is 1.85. The number of methoxy groups -OCH3 is 1. The number of thiocarbonyl (C=S) groups is 1. The van der Waals surface area contributed by atoms with Crippen molar-refractivity contribution in [1.29, 1.82) is 0 Å². The van der Waals surface area contributed by atoms with Crippen molar-refractivity contribution in [2.45, 2.75) is 26.4 Å². The summed E-state index contributed by atoms with van der Waals surface area (Å²) in [6.07, 6.45) is 0. The second-order valence-electron chi connectivity index (χ2n) is 4.58. The summed E-state index contributed by atoms with van der Waals surface area (Å²) < 4.78 is 5.15. The van der Waals surface area contributed by atoms with Gasteiger partial charge in [0.2, 0.25) is 0 Å². The SMILES string of the molecule is COCCN(Cc1ccccc1C(N)=S)C(C)C. The van der Waals surface area contributed by atoms with E-state index >= 15 is 0 Å². The molecule has 0 radical (unpaired) electrons. The maximum atomic E-state index is 5.75. The molecule has 0 saturated carbocycles. The Kier molecular flexibility index (Phi) is 6.25. The first kappa shape index (κ1) is 15.1. The quantitative estimate of drug-likeness (QED) is 0.768. The fourth-order valence-corrected chi connectivity index (χ4v) is 2.04. The van der Waals surface area contributed by atoms with E-state index in [-0.39, 0.29) is 0 Å². The van der Waals surface area contributed by atoms with Crippen molar-refractivity contribution in [3.05, 3.63) is 35.4 Å². The van der Waals surface area contributed by atoms with Crippen molar-refractivity contribution in [2.24, 2.45) is 5.73 Å². The summed E-state index contributed by atoms with van der Waals surface area (Å²) in [5.41, 5.74) is 7.90. The molecule has 0 aliphatic rings. The molecule has 0 spiro atoms. The monoisotopic (exact) mass is 266 g/mol. The van der Waals surface area contributed by atoms with E-state index in [1.807, 2.05) is 18.2 Å². The van der Waals surface area contributed by atoms with E-state index in [4.69, 9.17) is 22.7 Å². The fraction of sp³-hybridized carbons (Fsp3) is 0.500. The third-order valence-corrected chi connectivity index (χ3v) is 3.19. The number of nitrogens with two attached hydrogens (primary N) is 1. The average Bonchev–Trinajstić information content (AvgIpc) is 2.34. The highest BCUT2D eigenvalue weighted by Gasteiger charge is 2.12. The minimum absolute atomic E-state index is 0.458. The van der Waals surface area contributed by atoms with Gasteiger partial charge in [0.25, 0.3) is 0 Å². The first-order valence-corrected chi connectivity index (χ1v) is 6.57. The van der Waals surface area contributed by atoms with E-state index in [1.165, 1.54) is 5.56 Å². The number of hydrogen-bond donors (Lipinski definition) is 1. The first-order valence-electron chi connectivity index (χ1n) is 6.17. The molecular weight excluding hydrogens is 244 g/mol. The third-order valence-electron chi connectivity index (χ3n) is 2.97. The van der Waals surface area contributed by atoms with Crippen LogP contribution in [0.15, 0.2) is 24.3 Å². The molecule has 0 bridgehead atoms. The minimum Gasteiger partial charge on any atom is -0.389 e. The summed E-state index contributed by atoms with van der Waals surface area (Å²) >= 11 is 5.09. The van der Waals surface area contributed by atoms with Gasteiger partial charge in [-0.15, -0.1) is 0 Å². The van der Waals surface area contributed by atoms with Crippen molar-refractivity contribution in [3.8, 4) is 0 Å². The number of ether oxygens (including phenoxy) is 1. The highest BCUT2D eigenvalue weighted by molar-refractivity contribution is 7.80. The molecule has 0 heterocycles. The van der Waals surface area contributed by atoms with Gasteiger partial charge in [0.1, 0.15) is 4.99 Å². The van der Waals surface area contributed by atoms with Crippen molar-refractivity contribution in [1.82, 2.24) is 4.90 Å². The molecule has 1 aromatic carbocycles. The van der Waals surface area contributed by atoms with Crippen LogP contribution in [0.5, 0.6) is 0 Å². The standard InChI is InChI=1S/C14H22N2OS/c1-11(2)16(8-9-17-3)10-12-6-4-5-7-13(12)14(15)18/h4-7,11H,8-10H2,1-3H3,(H2,15,18). The summed E-state index contributed by atoms with van der Waals surface area (Å²) in [5.74, 6) is 0. The van der Waals surface area contributed by atoms with E-state index in [1.54, 1.807) is 7.11 Å². The zero-order valence-electron chi connectivity index (χ0n) is 11.3. The van der Waals surface area contributed by atoms with E-state index < -0.39 is 0 Å². The van der Waals surface area contributed by atoms with Crippen molar-refractivity contribution in [2.75, 3.05) is 20.3 Å². The number of benzene rings is 1. The van der Waals surface area contributed by atoms with E-state index in [2.05, 4.69) is 24.8 Å². The van der Waals surface area contributed by atoms with E-state index in [0.29, 0.717) is 11.0 Å². The molecule has 0 amide bonds. The van der Waals surface area contributed by atoms with Gasteiger partial charge in [0, 0.05) is 31.8 Å². The average molecular weight is 266 g/mol. The van der Waals surface area contributed by atoms with E-state index in [9.17, 15) is 0 Å². The van der Waals surface area contributed by atoms with Crippen LogP contribution < -0.4 is 5.73 Å². The van der Waals surface area contributed by atoms with Gasteiger partial charge in [-0.3, -0.25) is 4.90 Å². The topological polar surface area (TPSA) is 38.5 Å². The predicted molar refractivity (Wildman–Crippen MR) is 79.8 cm³/mol. The second-order valence-corrected chi connectivity index (χ2v) is 5.02. The third kappa shape index (κ3) is 4.37. The second kappa shape index (κ2) is 7.46. The van der Waals surface area contributed by atoms with Crippen LogP contribution in [0.1, 0.15) is 25.0 Å². The Morgan fingerprint density at radius 2 is 2.06 bits per heavy atom. The summed E-state index contributed by atoms with van der Waals surface area (Å²) in [6, 6.07) is 8.50. The smallest absolute Gasteiger partial charge is 0.104 e. The molecule has 0 unspecified atom stereocenters. The Bertz CT molecular complexity index is 393. The molecule has 0 fully saturated rings. The molecule has 1 rings (SSSR count). The number of rotatable bonds is 7. The zero-order chi connectivity index (χ0) is 13.5. The van der Waals surface area contributed by atoms with Crippen LogP contribution in [0.3, 0.4) is 0 Å². The normalized spacial score (nSPS) is 11.2.